The van der Waals surface area contributed by atoms with Crippen LogP contribution in [0.2, 0.25) is 5.02 Å². The average Bonchev–Trinajstić information content (AvgIpc) is 3.29. The summed E-state index contributed by atoms with van der Waals surface area (Å²) in [4.78, 5) is 27.3. The first kappa shape index (κ1) is 20.2. The smallest absolute Gasteiger partial charge is 0.253 e. The Labute approximate surface area is 179 Å². The number of rotatable bonds is 4. The summed E-state index contributed by atoms with van der Waals surface area (Å²) in [6.45, 7) is 0.425. The summed E-state index contributed by atoms with van der Waals surface area (Å²) in [6.07, 6.45) is 1.11. The van der Waals surface area contributed by atoms with E-state index in [4.69, 9.17) is 16.0 Å². The second kappa shape index (κ2) is 8.73. The minimum atomic E-state index is -0.767. The number of carbonyl (C=O) groups is 2. The van der Waals surface area contributed by atoms with Gasteiger partial charge in [0, 0.05) is 34.9 Å². The third kappa shape index (κ3) is 4.56. The molecule has 1 aliphatic rings. The van der Waals surface area contributed by atoms with Crippen molar-refractivity contribution in [2.45, 2.75) is 12.5 Å². The molecule has 2 amide bonds. The van der Waals surface area contributed by atoms with Gasteiger partial charge in [-0.25, -0.2) is 0 Å². The maximum absolute atomic E-state index is 13.1. The first-order chi connectivity index (χ1) is 14.5. The number of nitrogens with zero attached hydrogens (tertiary/aromatic N) is 1. The molecule has 0 aliphatic carbocycles. The number of amides is 2. The lowest BCUT2D eigenvalue weighted by Gasteiger charge is -2.35. The number of β-amino-alcohol motifs (C(OH)–C–C–N with tert-alkyl or cyclic N) is 1. The van der Waals surface area contributed by atoms with Crippen LogP contribution in [0.1, 0.15) is 16.8 Å². The maximum Gasteiger partial charge on any atom is 0.253 e. The van der Waals surface area contributed by atoms with Crippen LogP contribution in [-0.2, 0) is 4.79 Å². The summed E-state index contributed by atoms with van der Waals surface area (Å²) in [5, 5.41) is 13.7. The van der Waals surface area contributed by atoms with Gasteiger partial charge in [0.2, 0.25) is 5.91 Å². The highest BCUT2D eigenvalue weighted by atomic mass is 35.5. The zero-order valence-corrected chi connectivity index (χ0v) is 16.9. The fraction of sp³-hybridized carbons (Fsp3) is 0.217. The Morgan fingerprint density at radius 1 is 1.07 bits per heavy atom. The summed E-state index contributed by atoms with van der Waals surface area (Å²) < 4.78 is 5.40. The number of anilines is 1. The predicted molar refractivity (Wildman–Crippen MR) is 114 cm³/mol. The molecule has 2 heterocycles. The number of carbonyl (C=O) groups excluding carboxylic acids is 2. The van der Waals surface area contributed by atoms with Crippen LogP contribution in [-0.4, -0.2) is 41.0 Å². The van der Waals surface area contributed by atoms with Gasteiger partial charge in [-0.2, -0.15) is 0 Å². The lowest BCUT2D eigenvalue weighted by Crippen LogP contribution is -2.49. The SMILES string of the molecule is O=C(Nc1ccc(Cl)cc1)C1CC(O)CN(C(=O)c2cccc(-c3ccco3)c2)C1. The molecule has 0 bridgehead atoms. The lowest BCUT2D eigenvalue weighted by atomic mass is 9.94. The van der Waals surface area contributed by atoms with E-state index in [1.807, 2.05) is 12.1 Å². The van der Waals surface area contributed by atoms with Gasteiger partial charge in [0.15, 0.2) is 0 Å². The van der Waals surface area contributed by atoms with Gasteiger partial charge in [0.25, 0.3) is 5.91 Å². The number of furan rings is 1. The van der Waals surface area contributed by atoms with Gasteiger partial charge in [-0.15, -0.1) is 0 Å². The van der Waals surface area contributed by atoms with E-state index in [9.17, 15) is 14.7 Å². The molecule has 0 saturated carbocycles. The molecule has 2 aromatic carbocycles. The maximum atomic E-state index is 13.1. The monoisotopic (exact) mass is 424 g/mol. The zero-order chi connectivity index (χ0) is 21.1. The largest absolute Gasteiger partial charge is 0.464 e. The van der Waals surface area contributed by atoms with Crippen molar-refractivity contribution in [2.75, 3.05) is 18.4 Å². The van der Waals surface area contributed by atoms with E-state index in [1.165, 1.54) is 4.90 Å². The van der Waals surface area contributed by atoms with Gasteiger partial charge in [0.1, 0.15) is 5.76 Å². The Morgan fingerprint density at radius 2 is 1.87 bits per heavy atom. The highest BCUT2D eigenvalue weighted by Crippen LogP contribution is 2.24. The van der Waals surface area contributed by atoms with Gasteiger partial charge in [-0.05, 0) is 55.0 Å². The van der Waals surface area contributed by atoms with E-state index in [0.717, 1.165) is 5.56 Å². The molecule has 6 nitrogen and oxygen atoms in total. The minimum Gasteiger partial charge on any atom is -0.464 e. The van der Waals surface area contributed by atoms with Crippen molar-refractivity contribution >= 4 is 29.1 Å². The second-order valence-electron chi connectivity index (χ2n) is 7.35. The number of hydrogen-bond acceptors (Lipinski definition) is 4. The Morgan fingerprint density at radius 3 is 2.60 bits per heavy atom. The van der Waals surface area contributed by atoms with Crippen LogP contribution >= 0.6 is 11.6 Å². The van der Waals surface area contributed by atoms with Crippen molar-refractivity contribution < 1.29 is 19.1 Å². The number of likely N-dealkylation sites (tertiary alicyclic amines) is 1. The molecule has 2 N–H and O–H groups in total. The summed E-state index contributed by atoms with van der Waals surface area (Å²) in [7, 11) is 0. The normalized spacial score (nSPS) is 18.8. The molecule has 4 rings (SSSR count). The average molecular weight is 425 g/mol. The second-order valence-corrected chi connectivity index (χ2v) is 7.79. The van der Waals surface area contributed by atoms with Crippen LogP contribution < -0.4 is 5.32 Å². The molecular formula is C23H21ClN2O4. The number of nitrogens with one attached hydrogen (secondary N) is 1. The van der Waals surface area contributed by atoms with Crippen LogP contribution in [0, 0.1) is 5.92 Å². The van der Waals surface area contributed by atoms with Gasteiger partial charge < -0.3 is 19.7 Å². The van der Waals surface area contributed by atoms with Gasteiger partial charge in [0.05, 0.1) is 18.3 Å². The lowest BCUT2D eigenvalue weighted by molar-refractivity contribution is -0.122. The Hall–Kier alpha value is -3.09. The fourth-order valence-corrected chi connectivity index (χ4v) is 3.76. The molecule has 1 aliphatic heterocycles. The number of hydrogen-bond donors (Lipinski definition) is 2. The topological polar surface area (TPSA) is 82.8 Å². The van der Waals surface area contributed by atoms with Crippen molar-refractivity contribution in [3.05, 3.63) is 77.5 Å². The van der Waals surface area contributed by atoms with Crippen LogP contribution in [0.3, 0.4) is 0 Å². The van der Waals surface area contributed by atoms with Crippen molar-refractivity contribution in [3.63, 3.8) is 0 Å². The van der Waals surface area contributed by atoms with Crippen LogP contribution in [0.4, 0.5) is 5.69 Å². The van der Waals surface area contributed by atoms with Crippen molar-refractivity contribution in [1.29, 1.82) is 0 Å². The summed E-state index contributed by atoms with van der Waals surface area (Å²) >= 11 is 5.88. The molecule has 0 radical (unpaired) electrons. The molecule has 3 aromatic rings. The number of benzene rings is 2. The van der Waals surface area contributed by atoms with Crippen molar-refractivity contribution in [2.24, 2.45) is 5.92 Å². The van der Waals surface area contributed by atoms with E-state index in [-0.39, 0.29) is 24.9 Å². The number of piperidine rings is 1. The van der Waals surface area contributed by atoms with E-state index in [1.54, 1.807) is 54.8 Å². The molecule has 154 valence electrons. The molecule has 1 aromatic heterocycles. The van der Waals surface area contributed by atoms with Crippen LogP contribution in [0.25, 0.3) is 11.3 Å². The van der Waals surface area contributed by atoms with E-state index >= 15 is 0 Å². The van der Waals surface area contributed by atoms with E-state index < -0.39 is 12.0 Å². The molecule has 30 heavy (non-hydrogen) atoms. The van der Waals surface area contributed by atoms with E-state index in [2.05, 4.69) is 5.32 Å². The molecule has 1 saturated heterocycles. The van der Waals surface area contributed by atoms with Crippen LogP contribution in [0.15, 0.2) is 71.3 Å². The van der Waals surface area contributed by atoms with Gasteiger partial charge >= 0.3 is 0 Å². The molecule has 2 unspecified atom stereocenters. The highest BCUT2D eigenvalue weighted by Gasteiger charge is 2.33. The predicted octanol–water partition coefficient (Wildman–Crippen LogP) is 4.06. The molecular weight excluding hydrogens is 404 g/mol. The third-order valence-corrected chi connectivity index (χ3v) is 5.37. The van der Waals surface area contributed by atoms with Crippen molar-refractivity contribution in [1.82, 2.24) is 4.90 Å². The zero-order valence-electron chi connectivity index (χ0n) is 16.1. The number of aliphatic hydroxyl groups is 1. The Kier molecular flexibility index (Phi) is 5.88. The summed E-state index contributed by atoms with van der Waals surface area (Å²) in [5.74, 6) is -0.310. The first-order valence-corrected chi connectivity index (χ1v) is 10.0. The summed E-state index contributed by atoms with van der Waals surface area (Å²) in [6, 6.07) is 17.5. The summed E-state index contributed by atoms with van der Waals surface area (Å²) in [5.41, 5.74) is 1.89. The Bertz CT molecular complexity index is 1030. The molecule has 1 fully saturated rings. The fourth-order valence-electron chi connectivity index (χ4n) is 3.64. The highest BCUT2D eigenvalue weighted by molar-refractivity contribution is 6.30. The van der Waals surface area contributed by atoms with Gasteiger partial charge in [-0.3, -0.25) is 9.59 Å². The minimum absolute atomic E-state index is 0.189. The van der Waals surface area contributed by atoms with Crippen molar-refractivity contribution in [3.8, 4) is 11.3 Å². The third-order valence-electron chi connectivity index (χ3n) is 5.11. The standard InChI is InChI=1S/C23H21ClN2O4/c24-18-6-8-19(9-7-18)25-22(28)17-12-20(27)14-26(13-17)23(29)16-4-1-3-15(11-16)21-5-2-10-30-21/h1-11,17,20,27H,12-14H2,(H,25,28). The quantitative estimate of drug-likeness (QED) is 0.661. The van der Waals surface area contributed by atoms with Gasteiger partial charge in [-0.1, -0.05) is 23.7 Å². The number of aliphatic hydroxyl groups excluding tert-OH is 1. The first-order valence-electron chi connectivity index (χ1n) is 9.67. The Balaban J connectivity index is 1.47. The molecule has 2 atom stereocenters. The molecule has 7 heteroatoms. The number of halogens is 1. The van der Waals surface area contributed by atoms with E-state index in [0.29, 0.717) is 28.5 Å². The van der Waals surface area contributed by atoms with Crippen LogP contribution in [0.5, 0.6) is 0 Å². The molecule has 0 spiro atoms.